The van der Waals surface area contributed by atoms with Gasteiger partial charge in [0.25, 0.3) is 0 Å². The van der Waals surface area contributed by atoms with Gasteiger partial charge in [0.2, 0.25) is 11.8 Å². The van der Waals surface area contributed by atoms with Gasteiger partial charge in [-0.1, -0.05) is 24.3 Å². The van der Waals surface area contributed by atoms with Crippen molar-refractivity contribution in [2.45, 2.75) is 75.7 Å². The molecule has 0 bridgehead atoms. The zero-order valence-electron chi connectivity index (χ0n) is 19.2. The number of halogens is 2. The predicted molar refractivity (Wildman–Crippen MR) is 128 cm³/mol. The van der Waals surface area contributed by atoms with E-state index in [-0.39, 0.29) is 55.8 Å². The number of likely N-dealkylation sites (N-methyl/N-ethyl adjacent to an activating group) is 1. The Morgan fingerprint density at radius 2 is 2.03 bits per heavy atom. The summed E-state index contributed by atoms with van der Waals surface area (Å²) in [5.41, 5.74) is 2.44. The highest BCUT2D eigenvalue weighted by Crippen LogP contribution is 2.35. The highest BCUT2D eigenvalue weighted by molar-refractivity contribution is 5.94. The molecule has 8 heteroatoms. The Balaban J connectivity index is 0.00000385. The monoisotopic (exact) mass is 477 g/mol. The van der Waals surface area contributed by atoms with Gasteiger partial charge in [0.1, 0.15) is 12.2 Å². The van der Waals surface area contributed by atoms with Crippen LogP contribution < -0.4 is 10.6 Å². The molecule has 33 heavy (non-hydrogen) atoms. The number of carbonyl (C=O) groups is 3. The summed E-state index contributed by atoms with van der Waals surface area (Å²) in [6.07, 6.45) is 7.29. The predicted octanol–water partition coefficient (Wildman–Crippen LogP) is 2.54. The number of alkyl halides is 1. The number of benzene rings is 1. The number of amides is 2. The van der Waals surface area contributed by atoms with Gasteiger partial charge in [0.05, 0.1) is 18.6 Å². The lowest BCUT2D eigenvalue weighted by Gasteiger charge is -2.30. The Morgan fingerprint density at radius 1 is 1.30 bits per heavy atom. The van der Waals surface area contributed by atoms with Crippen LogP contribution in [-0.4, -0.2) is 60.4 Å². The van der Waals surface area contributed by atoms with Crippen LogP contribution in [0.2, 0.25) is 0 Å². The lowest BCUT2D eigenvalue weighted by molar-refractivity contribution is -0.141. The first-order valence-electron chi connectivity index (χ1n) is 11.3. The first-order chi connectivity index (χ1) is 15.3. The normalized spacial score (nSPS) is 23.5. The molecule has 1 aromatic rings. The van der Waals surface area contributed by atoms with Gasteiger partial charge in [0.15, 0.2) is 5.78 Å². The highest BCUT2D eigenvalue weighted by atomic mass is 35.5. The molecular weight excluding hydrogens is 445 g/mol. The molecule has 6 nitrogen and oxygen atoms in total. The van der Waals surface area contributed by atoms with E-state index < -0.39 is 30.2 Å². The molecule has 1 saturated heterocycles. The van der Waals surface area contributed by atoms with Crippen LogP contribution in [0.15, 0.2) is 24.3 Å². The summed E-state index contributed by atoms with van der Waals surface area (Å²) in [4.78, 5) is 40.0. The number of nitrogens with zero attached hydrogens (tertiary/aromatic N) is 1. The van der Waals surface area contributed by atoms with Crippen molar-refractivity contribution < 1.29 is 18.8 Å². The summed E-state index contributed by atoms with van der Waals surface area (Å²) in [5.74, 6) is 1.48. The Hall–Kier alpha value is -2.43. The van der Waals surface area contributed by atoms with Crippen molar-refractivity contribution in [1.29, 1.82) is 0 Å². The van der Waals surface area contributed by atoms with Crippen molar-refractivity contribution >= 4 is 30.0 Å². The minimum atomic E-state index is -1.27. The van der Waals surface area contributed by atoms with E-state index >= 15 is 0 Å². The third kappa shape index (κ3) is 6.33. The molecule has 1 fully saturated rings. The second kappa shape index (κ2) is 12.2. The number of fused-ring (bicyclic) bond motifs is 1. The molecule has 2 N–H and O–H groups in total. The summed E-state index contributed by atoms with van der Waals surface area (Å²) < 4.78 is 14.4. The summed E-state index contributed by atoms with van der Waals surface area (Å²) in [6.45, 7) is 1.50. The van der Waals surface area contributed by atoms with Crippen LogP contribution in [0.3, 0.4) is 0 Å². The van der Waals surface area contributed by atoms with E-state index in [1.807, 2.05) is 12.1 Å². The fraction of sp³-hybridized carbons (Fsp3) is 0.560. The van der Waals surface area contributed by atoms with Crippen LogP contribution in [0.4, 0.5) is 4.39 Å². The van der Waals surface area contributed by atoms with Crippen LogP contribution in [-0.2, 0) is 20.8 Å². The van der Waals surface area contributed by atoms with Crippen molar-refractivity contribution in [3.8, 4) is 12.3 Å². The number of terminal acetylenes is 1. The number of hydrogen-bond donors (Lipinski definition) is 2. The van der Waals surface area contributed by atoms with E-state index in [9.17, 15) is 18.8 Å². The van der Waals surface area contributed by atoms with E-state index in [4.69, 9.17) is 6.42 Å². The van der Waals surface area contributed by atoms with Gasteiger partial charge >= 0.3 is 0 Å². The van der Waals surface area contributed by atoms with E-state index in [1.54, 1.807) is 14.0 Å². The fourth-order valence-corrected chi connectivity index (χ4v) is 4.72. The lowest BCUT2D eigenvalue weighted by Crippen LogP contribution is -2.54. The second-order valence-electron chi connectivity index (χ2n) is 8.78. The van der Waals surface area contributed by atoms with Crippen molar-refractivity contribution in [2.24, 2.45) is 0 Å². The van der Waals surface area contributed by atoms with E-state index in [2.05, 4.69) is 28.7 Å². The summed E-state index contributed by atoms with van der Waals surface area (Å²) in [5, 5.41) is 5.45. The third-order valence-corrected chi connectivity index (χ3v) is 6.61. The molecule has 2 aliphatic rings. The Labute approximate surface area is 201 Å². The molecule has 0 spiro atoms. The molecule has 1 aromatic carbocycles. The third-order valence-electron chi connectivity index (χ3n) is 6.61. The molecule has 5 atom stereocenters. The van der Waals surface area contributed by atoms with E-state index in [0.29, 0.717) is 0 Å². The zero-order chi connectivity index (χ0) is 23.3. The number of hydrogen-bond acceptors (Lipinski definition) is 4. The van der Waals surface area contributed by atoms with Crippen LogP contribution >= 0.6 is 12.4 Å². The number of likely N-dealkylation sites (tertiary alicyclic amines) is 1. The van der Waals surface area contributed by atoms with Crippen molar-refractivity contribution in [2.75, 3.05) is 13.6 Å². The van der Waals surface area contributed by atoms with E-state index in [1.165, 1.54) is 16.0 Å². The number of ketones is 1. The first kappa shape index (κ1) is 26.8. The number of nitrogens with one attached hydrogen (secondary N) is 2. The van der Waals surface area contributed by atoms with Crippen LogP contribution in [0.25, 0.3) is 0 Å². The van der Waals surface area contributed by atoms with Crippen molar-refractivity contribution in [3.05, 3.63) is 35.4 Å². The average Bonchev–Trinajstić information content (AvgIpc) is 3.19. The smallest absolute Gasteiger partial charge is 0.246 e. The van der Waals surface area contributed by atoms with Crippen molar-refractivity contribution in [1.82, 2.24) is 15.5 Å². The largest absolute Gasteiger partial charge is 0.342 e. The van der Waals surface area contributed by atoms with Crippen molar-refractivity contribution in [3.63, 3.8) is 0 Å². The number of rotatable bonds is 8. The number of carbonyl (C=O) groups excluding carboxylic acids is 3. The highest BCUT2D eigenvalue weighted by Gasteiger charge is 2.42. The number of Topliss-reactive ketones (excluding diaryl/α,β-unsaturated/α-hetero) is 1. The standard InChI is InChI=1S/C25H32FN3O3.ClH/c1-4-8-21(28-24(31)16(2)27-3)25(32)29-15-19(26)14-22(29)23(30)13-18-11-7-10-17-9-5-6-12-20(17)18;/h1,5-6,9,12,16,18-19,21-22,27H,7-8,10-11,13-15H2,2-3H3,(H,28,31);1H/t16-,18-,19-,21-,22-;/m0./s1. The van der Waals surface area contributed by atoms with Crippen LogP contribution in [0.1, 0.15) is 56.1 Å². The van der Waals surface area contributed by atoms with Gasteiger partial charge < -0.3 is 15.5 Å². The minimum absolute atomic E-state index is 0. The van der Waals surface area contributed by atoms with Gasteiger partial charge in [-0.2, -0.15) is 0 Å². The molecule has 1 aliphatic heterocycles. The Kier molecular flexibility index (Phi) is 9.87. The molecule has 180 valence electrons. The van der Waals surface area contributed by atoms with Crippen LogP contribution in [0, 0.1) is 12.3 Å². The zero-order valence-corrected chi connectivity index (χ0v) is 20.0. The lowest BCUT2D eigenvalue weighted by atomic mass is 9.79. The van der Waals surface area contributed by atoms with Gasteiger partial charge in [-0.25, -0.2) is 4.39 Å². The second-order valence-corrected chi connectivity index (χ2v) is 8.78. The molecule has 0 radical (unpaired) electrons. The topological polar surface area (TPSA) is 78.5 Å². The summed E-state index contributed by atoms with van der Waals surface area (Å²) >= 11 is 0. The molecule has 2 amide bonds. The molecule has 1 heterocycles. The molecule has 0 unspecified atom stereocenters. The maximum Gasteiger partial charge on any atom is 0.246 e. The Bertz CT molecular complexity index is 903. The maximum atomic E-state index is 14.4. The van der Waals surface area contributed by atoms with Gasteiger partial charge in [-0.05, 0) is 50.3 Å². The molecule has 1 aliphatic carbocycles. The average molecular weight is 478 g/mol. The molecular formula is C25H33ClFN3O3. The van der Waals surface area contributed by atoms with E-state index in [0.717, 1.165) is 19.3 Å². The molecule has 0 saturated carbocycles. The Morgan fingerprint density at radius 3 is 2.73 bits per heavy atom. The van der Waals surface area contributed by atoms with Gasteiger partial charge in [-0.3, -0.25) is 14.4 Å². The van der Waals surface area contributed by atoms with Crippen LogP contribution in [0.5, 0.6) is 0 Å². The maximum absolute atomic E-state index is 14.4. The molecule has 0 aromatic heterocycles. The van der Waals surface area contributed by atoms with Gasteiger partial charge in [-0.15, -0.1) is 24.8 Å². The van der Waals surface area contributed by atoms with Gasteiger partial charge in [0, 0.05) is 19.3 Å². The number of aryl methyl sites for hydroxylation is 1. The summed E-state index contributed by atoms with van der Waals surface area (Å²) in [6, 6.07) is 5.80. The minimum Gasteiger partial charge on any atom is -0.342 e. The SMILES string of the molecule is C#CC[C@H](NC(=O)[C@H](C)NC)C(=O)N1C[C@@H](F)C[C@H]1C(=O)C[C@@H]1CCCc2ccccc21.Cl. The first-order valence-corrected chi connectivity index (χ1v) is 11.3. The summed E-state index contributed by atoms with van der Waals surface area (Å²) in [7, 11) is 1.63. The molecule has 3 rings (SSSR count). The fourth-order valence-electron chi connectivity index (χ4n) is 4.72. The quantitative estimate of drug-likeness (QED) is 0.564.